The third-order valence-corrected chi connectivity index (χ3v) is 5.81. The topological polar surface area (TPSA) is 33.1 Å². The SMILES string of the molecule is CCC1(CC)CNC(C2CC2)CN1CCc1nccn1C. The summed E-state index contributed by atoms with van der Waals surface area (Å²) < 4.78 is 2.15. The van der Waals surface area contributed by atoms with Crippen LogP contribution in [0.15, 0.2) is 12.4 Å². The van der Waals surface area contributed by atoms with Gasteiger partial charge in [-0.1, -0.05) is 13.8 Å². The average Bonchev–Trinajstić information content (AvgIpc) is 3.28. The van der Waals surface area contributed by atoms with E-state index in [0.717, 1.165) is 31.5 Å². The Bertz CT molecular complexity index is 459. The summed E-state index contributed by atoms with van der Waals surface area (Å²) in [6, 6.07) is 0.720. The predicted octanol–water partition coefficient (Wildman–Crippen LogP) is 2.21. The first-order valence-electron chi connectivity index (χ1n) is 8.63. The van der Waals surface area contributed by atoms with Crippen LogP contribution in [0.2, 0.25) is 0 Å². The van der Waals surface area contributed by atoms with E-state index in [2.05, 4.69) is 40.7 Å². The lowest BCUT2D eigenvalue weighted by atomic mass is 9.86. The molecule has 0 bridgehead atoms. The van der Waals surface area contributed by atoms with Gasteiger partial charge in [-0.15, -0.1) is 0 Å². The first-order valence-corrected chi connectivity index (χ1v) is 8.63. The second-order valence-corrected chi connectivity index (χ2v) is 6.91. The number of hydrogen-bond acceptors (Lipinski definition) is 3. The number of nitrogens with one attached hydrogen (secondary N) is 1. The summed E-state index contributed by atoms with van der Waals surface area (Å²) in [5.74, 6) is 2.14. The molecule has 0 radical (unpaired) electrons. The minimum absolute atomic E-state index is 0.344. The first-order chi connectivity index (χ1) is 10.2. The summed E-state index contributed by atoms with van der Waals surface area (Å²) in [7, 11) is 2.10. The lowest BCUT2D eigenvalue weighted by Crippen LogP contribution is -2.65. The minimum Gasteiger partial charge on any atom is -0.338 e. The Morgan fingerprint density at radius 3 is 2.67 bits per heavy atom. The zero-order valence-electron chi connectivity index (χ0n) is 13.8. The van der Waals surface area contributed by atoms with Crippen molar-refractivity contribution >= 4 is 0 Å². The fraction of sp³-hybridized carbons (Fsp3) is 0.824. The number of rotatable bonds is 6. The van der Waals surface area contributed by atoms with Gasteiger partial charge in [0.2, 0.25) is 0 Å². The van der Waals surface area contributed by atoms with Crippen LogP contribution in [-0.4, -0.2) is 45.7 Å². The molecular formula is C17H30N4. The molecule has 21 heavy (non-hydrogen) atoms. The largest absolute Gasteiger partial charge is 0.338 e. The summed E-state index contributed by atoms with van der Waals surface area (Å²) in [5.41, 5.74) is 0.344. The molecule has 4 nitrogen and oxygen atoms in total. The van der Waals surface area contributed by atoms with Crippen LogP contribution in [0.1, 0.15) is 45.4 Å². The summed E-state index contributed by atoms with van der Waals surface area (Å²) in [4.78, 5) is 7.25. The summed E-state index contributed by atoms with van der Waals surface area (Å²) in [6.45, 7) is 8.20. The molecule has 1 aromatic rings. The highest BCUT2D eigenvalue weighted by Gasteiger charge is 2.43. The van der Waals surface area contributed by atoms with Crippen molar-refractivity contribution in [2.75, 3.05) is 19.6 Å². The maximum Gasteiger partial charge on any atom is 0.109 e. The van der Waals surface area contributed by atoms with E-state index in [1.807, 2.05) is 12.4 Å². The second kappa shape index (κ2) is 6.09. The Labute approximate surface area is 128 Å². The Balaban J connectivity index is 1.68. The molecule has 2 aliphatic rings. The molecule has 1 saturated heterocycles. The highest BCUT2D eigenvalue weighted by molar-refractivity contribution is 5.02. The maximum atomic E-state index is 4.49. The van der Waals surface area contributed by atoms with Gasteiger partial charge in [0.15, 0.2) is 0 Å². The Morgan fingerprint density at radius 2 is 2.10 bits per heavy atom. The molecule has 1 atom stereocenters. The minimum atomic E-state index is 0.344. The van der Waals surface area contributed by atoms with Crippen molar-refractivity contribution in [1.29, 1.82) is 0 Å². The summed E-state index contributed by atoms with van der Waals surface area (Å²) >= 11 is 0. The van der Waals surface area contributed by atoms with Gasteiger partial charge in [0.05, 0.1) is 0 Å². The van der Waals surface area contributed by atoms with E-state index in [1.54, 1.807) is 0 Å². The summed E-state index contributed by atoms with van der Waals surface area (Å²) in [5, 5.41) is 3.85. The highest BCUT2D eigenvalue weighted by Crippen LogP contribution is 2.37. The van der Waals surface area contributed by atoms with E-state index >= 15 is 0 Å². The monoisotopic (exact) mass is 290 g/mol. The van der Waals surface area contributed by atoms with E-state index in [4.69, 9.17) is 0 Å². The third-order valence-electron chi connectivity index (χ3n) is 5.81. The van der Waals surface area contributed by atoms with Crippen molar-refractivity contribution < 1.29 is 0 Å². The number of imidazole rings is 1. The van der Waals surface area contributed by atoms with Crippen molar-refractivity contribution in [3.63, 3.8) is 0 Å². The molecule has 0 aromatic carbocycles. The highest BCUT2D eigenvalue weighted by atomic mass is 15.3. The van der Waals surface area contributed by atoms with Crippen molar-refractivity contribution in [2.24, 2.45) is 13.0 Å². The summed E-state index contributed by atoms with van der Waals surface area (Å²) in [6.07, 6.45) is 10.3. The fourth-order valence-electron chi connectivity index (χ4n) is 3.89. The van der Waals surface area contributed by atoms with Gasteiger partial charge < -0.3 is 9.88 Å². The molecule has 1 aromatic heterocycles. The molecule has 1 aliphatic heterocycles. The standard InChI is InChI=1S/C17H30N4/c1-4-17(5-2)13-19-15(14-6-7-14)12-21(17)10-8-16-18-9-11-20(16)3/h9,11,14-15,19H,4-8,10,12-13H2,1-3H3. The van der Waals surface area contributed by atoms with Gasteiger partial charge in [0.1, 0.15) is 5.82 Å². The van der Waals surface area contributed by atoms with Gasteiger partial charge in [0.25, 0.3) is 0 Å². The van der Waals surface area contributed by atoms with E-state index in [1.165, 1.54) is 38.1 Å². The molecule has 1 N–H and O–H groups in total. The molecule has 1 aliphatic carbocycles. The Kier molecular flexibility index (Phi) is 4.36. The molecule has 4 heteroatoms. The smallest absolute Gasteiger partial charge is 0.109 e. The van der Waals surface area contributed by atoms with Crippen LogP contribution in [-0.2, 0) is 13.5 Å². The van der Waals surface area contributed by atoms with E-state index < -0.39 is 0 Å². The molecule has 118 valence electrons. The van der Waals surface area contributed by atoms with Gasteiger partial charge in [-0.25, -0.2) is 4.98 Å². The van der Waals surface area contributed by atoms with Crippen LogP contribution in [0.4, 0.5) is 0 Å². The van der Waals surface area contributed by atoms with Gasteiger partial charge >= 0.3 is 0 Å². The average molecular weight is 290 g/mol. The molecule has 3 rings (SSSR count). The lowest BCUT2D eigenvalue weighted by molar-refractivity contribution is 0.0277. The fourth-order valence-corrected chi connectivity index (χ4v) is 3.89. The van der Waals surface area contributed by atoms with Gasteiger partial charge in [0, 0.05) is 57.1 Å². The maximum absolute atomic E-state index is 4.49. The molecule has 2 heterocycles. The van der Waals surface area contributed by atoms with Crippen LogP contribution < -0.4 is 5.32 Å². The molecule has 2 fully saturated rings. The molecule has 0 spiro atoms. The molecular weight excluding hydrogens is 260 g/mol. The molecule has 1 unspecified atom stereocenters. The van der Waals surface area contributed by atoms with Crippen molar-refractivity contribution in [2.45, 2.75) is 57.5 Å². The lowest BCUT2D eigenvalue weighted by Gasteiger charge is -2.50. The van der Waals surface area contributed by atoms with Crippen LogP contribution in [0, 0.1) is 5.92 Å². The number of piperazine rings is 1. The Morgan fingerprint density at radius 1 is 1.33 bits per heavy atom. The quantitative estimate of drug-likeness (QED) is 0.872. The first kappa shape index (κ1) is 15.0. The van der Waals surface area contributed by atoms with Crippen molar-refractivity contribution in [1.82, 2.24) is 19.8 Å². The number of hydrogen-bond donors (Lipinski definition) is 1. The number of aryl methyl sites for hydroxylation is 1. The van der Waals surface area contributed by atoms with Crippen LogP contribution >= 0.6 is 0 Å². The normalized spacial score (nSPS) is 26.1. The zero-order chi connectivity index (χ0) is 14.9. The van der Waals surface area contributed by atoms with Crippen LogP contribution in [0.3, 0.4) is 0 Å². The van der Waals surface area contributed by atoms with Gasteiger partial charge in [-0.2, -0.15) is 0 Å². The molecule has 0 amide bonds. The van der Waals surface area contributed by atoms with Crippen LogP contribution in [0.25, 0.3) is 0 Å². The van der Waals surface area contributed by atoms with Crippen molar-refractivity contribution in [3.8, 4) is 0 Å². The Hall–Kier alpha value is -0.870. The van der Waals surface area contributed by atoms with E-state index in [-0.39, 0.29) is 0 Å². The third kappa shape index (κ3) is 3.02. The number of nitrogens with zero attached hydrogens (tertiary/aromatic N) is 3. The van der Waals surface area contributed by atoms with Gasteiger partial charge in [-0.3, -0.25) is 4.90 Å². The predicted molar refractivity (Wildman–Crippen MR) is 86.3 cm³/mol. The van der Waals surface area contributed by atoms with Crippen LogP contribution in [0.5, 0.6) is 0 Å². The van der Waals surface area contributed by atoms with Crippen molar-refractivity contribution in [3.05, 3.63) is 18.2 Å². The zero-order valence-corrected chi connectivity index (χ0v) is 13.8. The van der Waals surface area contributed by atoms with E-state index in [9.17, 15) is 0 Å². The molecule has 1 saturated carbocycles. The van der Waals surface area contributed by atoms with Gasteiger partial charge in [-0.05, 0) is 31.6 Å². The number of aromatic nitrogens is 2. The van der Waals surface area contributed by atoms with E-state index in [0.29, 0.717) is 5.54 Å². The second-order valence-electron chi connectivity index (χ2n) is 6.91.